The van der Waals surface area contributed by atoms with E-state index in [0.717, 1.165) is 10.8 Å². The predicted molar refractivity (Wildman–Crippen MR) is 77.0 cm³/mol. The minimum Gasteiger partial charge on any atom is -0.425 e. The summed E-state index contributed by atoms with van der Waals surface area (Å²) in [7, 11) is 0. The zero-order valence-corrected chi connectivity index (χ0v) is 11.3. The summed E-state index contributed by atoms with van der Waals surface area (Å²) in [6, 6.07) is 12.9. The van der Waals surface area contributed by atoms with Crippen LogP contribution in [0.2, 0.25) is 0 Å². The molecule has 3 heteroatoms. The Morgan fingerprint density at radius 2 is 1.84 bits per heavy atom. The maximum absolute atomic E-state index is 11.9. The lowest BCUT2D eigenvalue weighted by molar-refractivity contribution is -0.136. The number of ether oxygens (including phenoxy) is 1. The molecule has 0 amide bonds. The van der Waals surface area contributed by atoms with Crippen molar-refractivity contribution in [3.8, 4) is 5.75 Å². The molecule has 2 aromatic rings. The van der Waals surface area contributed by atoms with Crippen LogP contribution in [0.4, 0.5) is 0 Å². The van der Waals surface area contributed by atoms with Gasteiger partial charge in [-0.1, -0.05) is 50.2 Å². The Labute approximate surface area is 113 Å². The third kappa shape index (κ3) is 3.32. The van der Waals surface area contributed by atoms with Crippen molar-refractivity contribution in [2.24, 2.45) is 11.7 Å². The van der Waals surface area contributed by atoms with Crippen LogP contribution < -0.4 is 10.5 Å². The van der Waals surface area contributed by atoms with Gasteiger partial charge >= 0.3 is 5.97 Å². The molecule has 0 fully saturated rings. The van der Waals surface area contributed by atoms with E-state index in [1.165, 1.54) is 0 Å². The molecule has 19 heavy (non-hydrogen) atoms. The van der Waals surface area contributed by atoms with E-state index in [2.05, 4.69) is 0 Å². The van der Waals surface area contributed by atoms with Crippen molar-refractivity contribution >= 4 is 16.7 Å². The van der Waals surface area contributed by atoms with Crippen LogP contribution in [0.15, 0.2) is 42.5 Å². The molecule has 0 aromatic heterocycles. The highest BCUT2D eigenvalue weighted by atomic mass is 16.5. The van der Waals surface area contributed by atoms with Gasteiger partial charge in [0.2, 0.25) is 0 Å². The smallest absolute Gasteiger partial charge is 0.328 e. The van der Waals surface area contributed by atoms with Crippen molar-refractivity contribution in [2.75, 3.05) is 0 Å². The number of esters is 1. The lowest BCUT2D eigenvalue weighted by Gasteiger charge is -2.14. The molecule has 0 saturated heterocycles. The van der Waals surface area contributed by atoms with Gasteiger partial charge in [0.1, 0.15) is 11.8 Å². The predicted octanol–water partition coefficient (Wildman–Crippen LogP) is 3.12. The molecule has 1 unspecified atom stereocenters. The van der Waals surface area contributed by atoms with Crippen LogP contribution >= 0.6 is 0 Å². The van der Waals surface area contributed by atoms with Gasteiger partial charge in [-0.2, -0.15) is 0 Å². The Kier molecular flexibility index (Phi) is 4.17. The highest BCUT2D eigenvalue weighted by molar-refractivity contribution is 5.91. The van der Waals surface area contributed by atoms with Crippen LogP contribution in [0.3, 0.4) is 0 Å². The number of benzene rings is 2. The van der Waals surface area contributed by atoms with E-state index in [4.69, 9.17) is 10.5 Å². The molecule has 0 heterocycles. The van der Waals surface area contributed by atoms with Crippen molar-refractivity contribution in [1.82, 2.24) is 0 Å². The Morgan fingerprint density at radius 1 is 1.16 bits per heavy atom. The first kappa shape index (κ1) is 13.6. The molecule has 1 atom stereocenters. The molecule has 100 valence electrons. The summed E-state index contributed by atoms with van der Waals surface area (Å²) in [5.74, 6) is 0.572. The summed E-state index contributed by atoms with van der Waals surface area (Å²) in [6.45, 7) is 4.07. The third-order valence-electron chi connectivity index (χ3n) is 2.99. The minimum atomic E-state index is -0.570. The normalized spacial score (nSPS) is 12.6. The standard InChI is InChI=1S/C16H19NO2/c1-11(2)10-14(17)16(18)19-15-9-5-7-12-6-3-4-8-13(12)15/h3-9,11,14H,10,17H2,1-2H3. The van der Waals surface area contributed by atoms with E-state index >= 15 is 0 Å². The minimum absolute atomic E-state index is 0.370. The summed E-state index contributed by atoms with van der Waals surface area (Å²) in [4.78, 5) is 11.9. The maximum atomic E-state index is 11.9. The van der Waals surface area contributed by atoms with Gasteiger partial charge in [0, 0.05) is 5.39 Å². The molecular formula is C16H19NO2. The van der Waals surface area contributed by atoms with Gasteiger partial charge in [-0.05, 0) is 23.8 Å². The first-order chi connectivity index (χ1) is 9.08. The fourth-order valence-corrected chi connectivity index (χ4v) is 2.07. The summed E-state index contributed by atoms with van der Waals surface area (Å²) in [6.07, 6.45) is 0.629. The Bertz CT molecular complexity index is 572. The molecule has 0 aliphatic carbocycles. The number of hydrogen-bond donors (Lipinski definition) is 1. The molecule has 0 spiro atoms. The lowest BCUT2D eigenvalue weighted by atomic mass is 10.0. The average Bonchev–Trinajstić information content (AvgIpc) is 2.38. The second-order valence-corrected chi connectivity index (χ2v) is 5.13. The fraction of sp³-hybridized carbons (Fsp3) is 0.312. The van der Waals surface area contributed by atoms with Gasteiger partial charge in [-0.3, -0.25) is 0 Å². The maximum Gasteiger partial charge on any atom is 0.328 e. The topological polar surface area (TPSA) is 52.3 Å². The molecule has 0 aliphatic rings. The monoisotopic (exact) mass is 257 g/mol. The average molecular weight is 257 g/mol. The first-order valence-corrected chi connectivity index (χ1v) is 6.53. The molecule has 0 bridgehead atoms. The van der Waals surface area contributed by atoms with Crippen LogP contribution in [0.5, 0.6) is 5.75 Å². The zero-order valence-electron chi connectivity index (χ0n) is 11.3. The van der Waals surface area contributed by atoms with Crippen LogP contribution in [0.1, 0.15) is 20.3 Å². The molecule has 0 radical (unpaired) electrons. The molecule has 3 nitrogen and oxygen atoms in total. The summed E-state index contributed by atoms with van der Waals surface area (Å²) >= 11 is 0. The van der Waals surface area contributed by atoms with E-state index in [9.17, 15) is 4.79 Å². The van der Waals surface area contributed by atoms with Gasteiger partial charge in [-0.15, -0.1) is 0 Å². The molecule has 2 N–H and O–H groups in total. The van der Waals surface area contributed by atoms with Crippen LogP contribution in [-0.4, -0.2) is 12.0 Å². The Balaban J connectivity index is 2.19. The molecule has 0 saturated carbocycles. The Hall–Kier alpha value is -1.87. The van der Waals surface area contributed by atoms with E-state index in [0.29, 0.717) is 18.1 Å². The summed E-state index contributed by atoms with van der Waals surface area (Å²) in [5.41, 5.74) is 5.84. The second-order valence-electron chi connectivity index (χ2n) is 5.13. The van der Waals surface area contributed by atoms with Crippen LogP contribution in [0, 0.1) is 5.92 Å². The van der Waals surface area contributed by atoms with Gasteiger partial charge in [-0.25, -0.2) is 4.79 Å². The lowest BCUT2D eigenvalue weighted by Crippen LogP contribution is -2.35. The van der Waals surface area contributed by atoms with Gasteiger partial charge in [0.15, 0.2) is 0 Å². The first-order valence-electron chi connectivity index (χ1n) is 6.53. The quantitative estimate of drug-likeness (QED) is 0.676. The summed E-state index contributed by atoms with van der Waals surface area (Å²) in [5, 5.41) is 1.97. The largest absolute Gasteiger partial charge is 0.425 e. The van der Waals surface area contributed by atoms with E-state index in [-0.39, 0.29) is 5.97 Å². The number of carbonyl (C=O) groups excluding carboxylic acids is 1. The molecule has 0 aliphatic heterocycles. The highest BCUT2D eigenvalue weighted by Crippen LogP contribution is 2.25. The fourth-order valence-electron chi connectivity index (χ4n) is 2.07. The second kappa shape index (κ2) is 5.85. The van der Waals surface area contributed by atoms with Crippen LogP contribution in [0.25, 0.3) is 10.8 Å². The van der Waals surface area contributed by atoms with Gasteiger partial charge in [0.25, 0.3) is 0 Å². The van der Waals surface area contributed by atoms with Gasteiger partial charge < -0.3 is 10.5 Å². The molecule has 2 rings (SSSR count). The van der Waals surface area contributed by atoms with Crippen molar-refractivity contribution in [3.63, 3.8) is 0 Å². The SMILES string of the molecule is CC(C)CC(N)C(=O)Oc1cccc2ccccc12. The zero-order chi connectivity index (χ0) is 13.8. The van der Waals surface area contributed by atoms with Crippen molar-refractivity contribution in [3.05, 3.63) is 42.5 Å². The number of hydrogen-bond acceptors (Lipinski definition) is 3. The number of nitrogens with two attached hydrogens (primary N) is 1. The van der Waals surface area contributed by atoms with E-state index < -0.39 is 6.04 Å². The van der Waals surface area contributed by atoms with E-state index in [1.807, 2.05) is 50.2 Å². The van der Waals surface area contributed by atoms with Gasteiger partial charge in [0.05, 0.1) is 0 Å². The molecule has 2 aromatic carbocycles. The van der Waals surface area contributed by atoms with Crippen molar-refractivity contribution in [2.45, 2.75) is 26.3 Å². The highest BCUT2D eigenvalue weighted by Gasteiger charge is 2.18. The number of carbonyl (C=O) groups is 1. The van der Waals surface area contributed by atoms with Crippen molar-refractivity contribution < 1.29 is 9.53 Å². The summed E-state index contributed by atoms with van der Waals surface area (Å²) < 4.78 is 5.43. The van der Waals surface area contributed by atoms with E-state index in [1.54, 1.807) is 6.07 Å². The van der Waals surface area contributed by atoms with Crippen molar-refractivity contribution in [1.29, 1.82) is 0 Å². The Morgan fingerprint density at radius 3 is 2.58 bits per heavy atom. The number of fused-ring (bicyclic) bond motifs is 1. The third-order valence-corrected chi connectivity index (χ3v) is 2.99. The van der Waals surface area contributed by atoms with Crippen LogP contribution in [-0.2, 0) is 4.79 Å². The molecular weight excluding hydrogens is 238 g/mol. The number of rotatable bonds is 4.